The largest absolute Gasteiger partial charge is 0.334 e. The highest BCUT2D eigenvalue weighted by Gasteiger charge is 2.38. The Kier molecular flexibility index (Phi) is 3.66. The van der Waals surface area contributed by atoms with Crippen molar-refractivity contribution in [2.75, 3.05) is 6.54 Å². The van der Waals surface area contributed by atoms with Crippen LogP contribution in [0.15, 0.2) is 24.3 Å². The molecule has 1 fully saturated rings. The van der Waals surface area contributed by atoms with Crippen LogP contribution < -0.4 is 5.73 Å². The third-order valence-electron chi connectivity index (χ3n) is 3.25. The molecule has 1 aromatic rings. The van der Waals surface area contributed by atoms with E-state index in [1.807, 2.05) is 4.90 Å². The molecule has 4 heteroatoms. The van der Waals surface area contributed by atoms with E-state index in [0.29, 0.717) is 18.9 Å². The van der Waals surface area contributed by atoms with Crippen molar-refractivity contribution in [2.24, 2.45) is 11.7 Å². The van der Waals surface area contributed by atoms with E-state index in [1.165, 1.54) is 12.1 Å². The van der Waals surface area contributed by atoms with Crippen LogP contribution in [0.1, 0.15) is 31.9 Å². The summed E-state index contributed by atoms with van der Waals surface area (Å²) in [6.07, 6.45) is 0.370. The fraction of sp³-hybridized carbons (Fsp3) is 0.500. The number of hydrogen-bond acceptors (Lipinski definition) is 2. The summed E-state index contributed by atoms with van der Waals surface area (Å²) in [6.45, 7) is 4.83. The van der Waals surface area contributed by atoms with Crippen molar-refractivity contribution in [1.29, 1.82) is 0 Å². The lowest BCUT2D eigenvalue weighted by Gasteiger charge is -2.28. The Balaban J connectivity index is 2.27. The molecule has 18 heavy (non-hydrogen) atoms. The molecule has 2 unspecified atom stereocenters. The molecule has 3 nitrogen and oxygen atoms in total. The topological polar surface area (TPSA) is 46.3 Å². The molecule has 2 atom stereocenters. The molecule has 0 saturated carbocycles. The zero-order chi connectivity index (χ0) is 13.3. The van der Waals surface area contributed by atoms with Crippen LogP contribution in [-0.2, 0) is 4.79 Å². The maximum absolute atomic E-state index is 12.9. The molecule has 0 bridgehead atoms. The van der Waals surface area contributed by atoms with Crippen LogP contribution in [0.5, 0.6) is 0 Å². The van der Waals surface area contributed by atoms with E-state index in [0.717, 1.165) is 5.56 Å². The molecule has 1 aromatic carbocycles. The summed E-state index contributed by atoms with van der Waals surface area (Å²) in [5.41, 5.74) is 6.96. The summed E-state index contributed by atoms with van der Waals surface area (Å²) < 4.78 is 12.9. The first-order valence-electron chi connectivity index (χ1n) is 6.29. The molecule has 98 valence electrons. The minimum absolute atomic E-state index is 0.0884. The first-order chi connectivity index (χ1) is 8.49. The average Bonchev–Trinajstić information content (AvgIpc) is 2.55. The molecule has 2 rings (SSSR count). The van der Waals surface area contributed by atoms with Gasteiger partial charge in [-0.1, -0.05) is 26.0 Å². The van der Waals surface area contributed by atoms with Crippen LogP contribution in [0.2, 0.25) is 0 Å². The van der Waals surface area contributed by atoms with Gasteiger partial charge in [0.05, 0.1) is 6.04 Å². The Hall–Kier alpha value is -1.42. The number of amides is 1. The van der Waals surface area contributed by atoms with Gasteiger partial charge in [-0.05, 0) is 23.6 Å². The van der Waals surface area contributed by atoms with E-state index in [1.54, 1.807) is 12.1 Å². The second-order valence-corrected chi connectivity index (χ2v) is 5.30. The maximum atomic E-state index is 12.9. The highest BCUT2D eigenvalue weighted by molar-refractivity contribution is 5.80. The maximum Gasteiger partial charge on any atom is 0.224 e. The second-order valence-electron chi connectivity index (χ2n) is 5.30. The normalized spacial score (nSPS) is 24.1. The first kappa shape index (κ1) is 13.0. The van der Waals surface area contributed by atoms with Crippen LogP contribution in [0.3, 0.4) is 0 Å². The Morgan fingerprint density at radius 3 is 2.56 bits per heavy atom. The quantitative estimate of drug-likeness (QED) is 0.892. The standard InChI is InChI=1S/C14H19FN2O/c1-9(2)8-17-13(18)7-12(16)14(17)10-3-5-11(15)6-4-10/h3-6,9,12,14H,7-8,16H2,1-2H3. The number of halogens is 1. The van der Waals surface area contributed by atoms with Gasteiger partial charge in [-0.25, -0.2) is 4.39 Å². The van der Waals surface area contributed by atoms with Gasteiger partial charge in [-0.2, -0.15) is 0 Å². The van der Waals surface area contributed by atoms with Gasteiger partial charge in [0.15, 0.2) is 0 Å². The first-order valence-corrected chi connectivity index (χ1v) is 6.29. The number of carbonyl (C=O) groups is 1. The smallest absolute Gasteiger partial charge is 0.224 e. The number of benzene rings is 1. The van der Waals surface area contributed by atoms with Crippen molar-refractivity contribution >= 4 is 5.91 Å². The molecule has 1 heterocycles. The number of carbonyl (C=O) groups excluding carboxylic acids is 1. The predicted molar refractivity (Wildman–Crippen MR) is 68.3 cm³/mol. The van der Waals surface area contributed by atoms with Gasteiger partial charge in [-0.3, -0.25) is 4.79 Å². The molecular formula is C14H19FN2O. The number of nitrogens with two attached hydrogens (primary N) is 1. The Labute approximate surface area is 107 Å². The molecule has 0 aliphatic carbocycles. The minimum Gasteiger partial charge on any atom is -0.334 e. The third-order valence-corrected chi connectivity index (χ3v) is 3.25. The number of rotatable bonds is 3. The van der Waals surface area contributed by atoms with Crippen LogP contribution in [-0.4, -0.2) is 23.4 Å². The molecule has 1 aliphatic heterocycles. The van der Waals surface area contributed by atoms with Crippen molar-refractivity contribution in [3.8, 4) is 0 Å². The zero-order valence-electron chi connectivity index (χ0n) is 10.8. The van der Waals surface area contributed by atoms with E-state index in [9.17, 15) is 9.18 Å². The highest BCUT2D eigenvalue weighted by Crippen LogP contribution is 2.32. The van der Waals surface area contributed by atoms with E-state index in [4.69, 9.17) is 5.73 Å². The second kappa shape index (κ2) is 5.06. The monoisotopic (exact) mass is 250 g/mol. The van der Waals surface area contributed by atoms with Gasteiger partial charge in [0, 0.05) is 19.0 Å². The SMILES string of the molecule is CC(C)CN1C(=O)CC(N)C1c1ccc(F)cc1. The summed E-state index contributed by atoms with van der Waals surface area (Å²) >= 11 is 0. The summed E-state index contributed by atoms with van der Waals surface area (Å²) in [5.74, 6) is 0.208. The zero-order valence-corrected chi connectivity index (χ0v) is 10.8. The lowest BCUT2D eigenvalue weighted by Crippen LogP contribution is -2.35. The highest BCUT2D eigenvalue weighted by atomic mass is 19.1. The lowest BCUT2D eigenvalue weighted by atomic mass is 10.0. The fourth-order valence-corrected chi connectivity index (χ4v) is 2.51. The molecule has 1 amide bonds. The van der Waals surface area contributed by atoms with Gasteiger partial charge in [0.2, 0.25) is 5.91 Å². The summed E-state index contributed by atoms with van der Waals surface area (Å²) in [6, 6.07) is 5.93. The number of hydrogen-bond donors (Lipinski definition) is 1. The minimum atomic E-state index is -0.271. The predicted octanol–water partition coefficient (Wildman–Crippen LogP) is 2.08. The van der Waals surface area contributed by atoms with Crippen molar-refractivity contribution in [3.63, 3.8) is 0 Å². The Morgan fingerprint density at radius 1 is 1.39 bits per heavy atom. The number of nitrogens with zero attached hydrogens (tertiary/aromatic N) is 1. The third kappa shape index (κ3) is 2.53. The lowest BCUT2D eigenvalue weighted by molar-refractivity contribution is -0.129. The molecule has 0 aromatic heterocycles. The summed E-state index contributed by atoms with van der Waals surface area (Å²) in [4.78, 5) is 13.8. The summed E-state index contributed by atoms with van der Waals surface area (Å²) in [5, 5.41) is 0. The van der Waals surface area contributed by atoms with Gasteiger partial charge in [0.25, 0.3) is 0 Å². The van der Waals surface area contributed by atoms with E-state index < -0.39 is 0 Å². The fourth-order valence-electron chi connectivity index (χ4n) is 2.51. The van der Waals surface area contributed by atoms with Gasteiger partial charge in [0.1, 0.15) is 5.82 Å². The van der Waals surface area contributed by atoms with Crippen LogP contribution >= 0.6 is 0 Å². The van der Waals surface area contributed by atoms with Crippen molar-refractivity contribution in [1.82, 2.24) is 4.90 Å². The molecular weight excluding hydrogens is 231 g/mol. The molecule has 1 saturated heterocycles. The van der Waals surface area contributed by atoms with E-state index in [-0.39, 0.29) is 23.8 Å². The van der Waals surface area contributed by atoms with Crippen molar-refractivity contribution in [2.45, 2.75) is 32.4 Å². The number of likely N-dealkylation sites (tertiary alicyclic amines) is 1. The van der Waals surface area contributed by atoms with Crippen molar-refractivity contribution in [3.05, 3.63) is 35.6 Å². The van der Waals surface area contributed by atoms with E-state index >= 15 is 0 Å². The Morgan fingerprint density at radius 2 is 2.00 bits per heavy atom. The molecule has 0 radical (unpaired) electrons. The van der Waals surface area contributed by atoms with Gasteiger partial charge in [-0.15, -0.1) is 0 Å². The average molecular weight is 250 g/mol. The molecule has 2 N–H and O–H groups in total. The molecule has 1 aliphatic rings. The van der Waals surface area contributed by atoms with Crippen LogP contribution in [0.25, 0.3) is 0 Å². The van der Waals surface area contributed by atoms with Crippen LogP contribution in [0, 0.1) is 11.7 Å². The summed E-state index contributed by atoms with van der Waals surface area (Å²) in [7, 11) is 0. The van der Waals surface area contributed by atoms with Gasteiger partial charge >= 0.3 is 0 Å². The van der Waals surface area contributed by atoms with Gasteiger partial charge < -0.3 is 10.6 Å². The molecule has 0 spiro atoms. The van der Waals surface area contributed by atoms with Crippen LogP contribution in [0.4, 0.5) is 4.39 Å². The van der Waals surface area contributed by atoms with E-state index in [2.05, 4.69) is 13.8 Å². The Bertz CT molecular complexity index is 430. The van der Waals surface area contributed by atoms with Crippen molar-refractivity contribution < 1.29 is 9.18 Å².